The average molecular weight is 689 g/mol. The third-order valence-electron chi connectivity index (χ3n) is 7.02. The minimum absolute atomic E-state index is 0.109. The van der Waals surface area contributed by atoms with Gasteiger partial charge < -0.3 is 29.6 Å². The third-order valence-corrected chi connectivity index (χ3v) is 8.97. The molecule has 1 aliphatic rings. The zero-order valence-electron chi connectivity index (χ0n) is 25.8. The van der Waals surface area contributed by atoms with Gasteiger partial charge in [-0.2, -0.15) is 4.98 Å². The van der Waals surface area contributed by atoms with Crippen molar-refractivity contribution in [1.29, 1.82) is 0 Å². The van der Waals surface area contributed by atoms with Crippen molar-refractivity contribution in [3.63, 3.8) is 0 Å². The highest BCUT2D eigenvalue weighted by Crippen LogP contribution is 2.46. The molecule has 0 unspecified atom stereocenters. The van der Waals surface area contributed by atoms with E-state index in [1.54, 1.807) is 60.7 Å². The van der Waals surface area contributed by atoms with Crippen LogP contribution in [-0.2, 0) is 46.1 Å². The molecule has 0 aliphatic carbocycles. The van der Waals surface area contributed by atoms with E-state index in [0.29, 0.717) is 15.7 Å². The molecule has 5 N–H and O–H groups in total. The van der Waals surface area contributed by atoms with Crippen molar-refractivity contribution in [2.24, 2.45) is 5.11 Å². The van der Waals surface area contributed by atoms with Crippen molar-refractivity contribution < 1.29 is 42.4 Å². The zero-order chi connectivity index (χ0) is 34.9. The molecule has 0 amide bonds. The van der Waals surface area contributed by atoms with Crippen LogP contribution in [0.3, 0.4) is 0 Å². The number of aliphatic hydroxyl groups excluding tert-OH is 1. The molecule has 4 rings (SSSR count). The number of azide groups is 1. The van der Waals surface area contributed by atoms with Gasteiger partial charge in [-0.05, 0) is 36.6 Å². The molecule has 1 saturated heterocycles. The van der Waals surface area contributed by atoms with Crippen LogP contribution in [-0.4, -0.2) is 63.3 Å². The number of nitrogens with zero attached hydrogens (tertiary/aromatic N) is 5. The summed E-state index contributed by atoms with van der Waals surface area (Å²) in [5.41, 5.74) is 12.4. The molecule has 0 bridgehead atoms. The second kappa shape index (κ2) is 16.0. The Labute approximate surface area is 273 Å². The molecule has 2 aromatic carbocycles. The van der Waals surface area contributed by atoms with Gasteiger partial charge >= 0.3 is 25.3 Å². The Morgan fingerprint density at radius 3 is 2.08 bits per heavy atom. The van der Waals surface area contributed by atoms with Crippen molar-refractivity contribution in [3.8, 4) is 0 Å². The highest BCUT2D eigenvalue weighted by molar-refractivity contribution is 7.54. The van der Waals surface area contributed by atoms with E-state index in [1.807, 2.05) is 0 Å². The number of rotatable bonds is 15. The topological polar surface area (TPSA) is 242 Å². The van der Waals surface area contributed by atoms with Crippen molar-refractivity contribution in [3.05, 3.63) is 105 Å². The van der Waals surface area contributed by atoms with E-state index < -0.39 is 68.2 Å². The van der Waals surface area contributed by atoms with Gasteiger partial charge in [0.25, 0.3) is 0 Å². The fourth-order valence-electron chi connectivity index (χ4n) is 4.51. The van der Waals surface area contributed by atoms with Crippen LogP contribution in [0.25, 0.3) is 10.4 Å². The molecule has 0 spiro atoms. The molecule has 1 aromatic heterocycles. The minimum Gasteiger partial charge on any atom is -0.460 e. The van der Waals surface area contributed by atoms with Crippen molar-refractivity contribution >= 4 is 25.4 Å². The number of alkyl halides is 1. The molecule has 2 heterocycles. The number of benzene rings is 2. The molecule has 1 aliphatic heterocycles. The van der Waals surface area contributed by atoms with Crippen LogP contribution in [0.15, 0.2) is 82.8 Å². The van der Waals surface area contributed by atoms with Gasteiger partial charge in [0.2, 0.25) is 5.72 Å². The fraction of sp³-hybridized carbons (Fsp3) is 0.379. The van der Waals surface area contributed by atoms with Crippen LogP contribution in [0.4, 0.5) is 10.2 Å². The van der Waals surface area contributed by atoms with Gasteiger partial charge in [0.1, 0.15) is 37.2 Å². The minimum atomic E-state index is -4.61. The number of halogens is 1. The summed E-state index contributed by atoms with van der Waals surface area (Å²) in [6, 6.07) is 16.0. The number of nitrogen functional groups attached to an aromatic ring is 1. The number of nitrogens with one attached hydrogen (secondary N) is 2. The number of ether oxygens (including phenoxy) is 3. The Morgan fingerprint density at radius 1 is 1.08 bits per heavy atom. The summed E-state index contributed by atoms with van der Waals surface area (Å²) < 4.78 is 52.3. The van der Waals surface area contributed by atoms with Crippen LogP contribution in [0.5, 0.6) is 0 Å². The van der Waals surface area contributed by atoms with Crippen molar-refractivity contribution in [2.75, 3.05) is 12.3 Å². The van der Waals surface area contributed by atoms with Crippen molar-refractivity contribution in [1.82, 2.24) is 19.7 Å². The first-order chi connectivity index (χ1) is 22.9. The average Bonchev–Trinajstić information content (AvgIpc) is 3.31. The maximum absolute atomic E-state index is 15.7. The van der Waals surface area contributed by atoms with Crippen LogP contribution >= 0.6 is 7.67 Å². The quantitative estimate of drug-likeness (QED) is 0.0591. The van der Waals surface area contributed by atoms with E-state index >= 15 is 4.39 Å². The first kappa shape index (κ1) is 36.2. The number of esters is 2. The monoisotopic (exact) mass is 688 g/mol. The summed E-state index contributed by atoms with van der Waals surface area (Å²) in [6.07, 6.45) is -5.31. The lowest BCUT2D eigenvalue weighted by Crippen LogP contribution is -2.46. The smallest absolute Gasteiger partial charge is 0.351 e. The Balaban J connectivity index is 1.54. The molecule has 17 nitrogen and oxygen atoms in total. The summed E-state index contributed by atoms with van der Waals surface area (Å²) in [6.45, 7) is 1.25. The molecule has 0 saturated carbocycles. The Hall–Kier alpha value is -4.67. The van der Waals surface area contributed by atoms with Gasteiger partial charge in [-0.15, -0.1) is 0 Å². The maximum atomic E-state index is 15.7. The Bertz CT molecular complexity index is 1660. The van der Waals surface area contributed by atoms with E-state index in [0.717, 1.165) is 6.20 Å². The molecule has 48 heavy (non-hydrogen) atoms. The van der Waals surface area contributed by atoms with Crippen LogP contribution in [0, 0.1) is 0 Å². The van der Waals surface area contributed by atoms with E-state index in [1.165, 1.54) is 19.9 Å². The molecule has 6 atom stereocenters. The zero-order valence-corrected chi connectivity index (χ0v) is 26.7. The largest absolute Gasteiger partial charge is 0.460 e. The summed E-state index contributed by atoms with van der Waals surface area (Å²) >= 11 is 0. The number of aliphatic hydroxyl groups is 1. The molecule has 3 aromatic rings. The summed E-state index contributed by atoms with van der Waals surface area (Å²) in [7, 11) is -4.61. The summed E-state index contributed by atoms with van der Waals surface area (Å²) in [4.78, 5) is 44.2. The summed E-state index contributed by atoms with van der Waals surface area (Å²) in [5.74, 6) is -1.88. The standard InChI is InChI=1S/C29H34FN8O9P/c1-18(26(40)44-15-20-9-5-3-6-10-20)34-48(43,35-19(2)27(41)45-16-21-11-7-4-8-12-21)46-17-29(36-37-32)24(30)23(39)25(47-29)38-14-13-22(31)33-28(38)42/h3-14,18-19,23-25,39H,15-17H2,1-2H3,(H2,31,33,42)(H2,34,35,43)/t18-,19-,23+,24-,25+,29+/m0/s1. The van der Waals surface area contributed by atoms with Crippen molar-refractivity contribution in [2.45, 2.75) is 63.4 Å². The third kappa shape index (κ3) is 9.02. The first-order valence-electron chi connectivity index (χ1n) is 14.5. The summed E-state index contributed by atoms with van der Waals surface area (Å²) in [5, 5.41) is 18.9. The van der Waals surface area contributed by atoms with Gasteiger partial charge in [-0.1, -0.05) is 65.8 Å². The van der Waals surface area contributed by atoms with Gasteiger partial charge in [0, 0.05) is 11.1 Å². The number of hydrogen-bond acceptors (Lipinski definition) is 12. The number of hydrogen-bond donors (Lipinski definition) is 4. The lowest BCUT2D eigenvalue weighted by atomic mass is 10.1. The molecule has 0 radical (unpaired) electrons. The SMILES string of the molecule is C[C@H](NP(=O)(N[C@@H](C)C(=O)OCc1ccccc1)OC[C@@]1(N=[N+]=[N-])O[C@@H](n2ccc(N)nc2=O)[C@H](O)[C@@H]1F)C(=O)OCc1ccccc1. The second-order valence-electron chi connectivity index (χ2n) is 10.7. The van der Waals surface area contributed by atoms with Crippen LogP contribution in [0.2, 0.25) is 0 Å². The van der Waals surface area contributed by atoms with E-state index in [4.69, 9.17) is 24.5 Å². The van der Waals surface area contributed by atoms with Gasteiger partial charge in [0.15, 0.2) is 12.4 Å². The number of carbonyl (C=O) groups is 2. The van der Waals surface area contributed by atoms with E-state index in [2.05, 4.69) is 25.2 Å². The maximum Gasteiger partial charge on any atom is 0.351 e. The first-order valence-corrected chi connectivity index (χ1v) is 16.1. The number of aromatic nitrogens is 2. The number of anilines is 1. The highest BCUT2D eigenvalue weighted by atomic mass is 31.2. The molecule has 256 valence electrons. The lowest BCUT2D eigenvalue weighted by Gasteiger charge is -2.30. The van der Waals surface area contributed by atoms with E-state index in [-0.39, 0.29) is 19.0 Å². The molecule has 1 fully saturated rings. The molecule has 19 heteroatoms. The Morgan fingerprint density at radius 2 is 1.60 bits per heavy atom. The van der Waals surface area contributed by atoms with Crippen LogP contribution in [0.1, 0.15) is 31.2 Å². The Kier molecular flexibility index (Phi) is 12.0. The van der Waals surface area contributed by atoms with Gasteiger partial charge in [0.05, 0.1) is 6.61 Å². The molecular formula is C29H34FN8O9P. The fourth-order valence-corrected chi connectivity index (χ4v) is 6.33. The normalized spacial score (nSPS) is 21.9. The predicted molar refractivity (Wildman–Crippen MR) is 167 cm³/mol. The van der Waals surface area contributed by atoms with Gasteiger partial charge in [-0.3, -0.25) is 18.7 Å². The van der Waals surface area contributed by atoms with E-state index in [9.17, 15) is 29.6 Å². The highest BCUT2D eigenvalue weighted by Gasteiger charge is 2.57. The second-order valence-corrected chi connectivity index (χ2v) is 12.6. The van der Waals surface area contributed by atoms with Gasteiger partial charge in [-0.25, -0.2) is 19.4 Å². The van der Waals surface area contributed by atoms with Crippen LogP contribution < -0.4 is 21.6 Å². The number of nitrogens with two attached hydrogens (primary N) is 1. The molecular weight excluding hydrogens is 654 g/mol. The lowest BCUT2D eigenvalue weighted by molar-refractivity contribution is -0.147. The number of carbonyl (C=O) groups excluding carboxylic acids is 2. The predicted octanol–water partition coefficient (Wildman–Crippen LogP) is 2.63.